The first-order valence-electron chi connectivity index (χ1n) is 8.53. The molecular formula is C22H20N2O3. The quantitative estimate of drug-likeness (QED) is 0.695. The van der Waals surface area contributed by atoms with Crippen LogP contribution in [0.1, 0.15) is 15.9 Å². The van der Waals surface area contributed by atoms with Crippen molar-refractivity contribution in [1.29, 1.82) is 0 Å². The number of hydrogen-bond acceptors (Lipinski definition) is 3. The Bertz CT molecular complexity index is 922. The minimum Gasteiger partial charge on any atom is -0.497 e. The third-order valence-corrected chi connectivity index (χ3v) is 3.96. The molecule has 0 aromatic heterocycles. The highest BCUT2D eigenvalue weighted by Crippen LogP contribution is 2.18. The standard InChI is InChI=1S/C22H20N2O3/c1-27-20-12-10-17(11-13-20)22(26)24-19-9-5-8-18(15-19)23-21(25)14-16-6-3-2-4-7-16/h2-13,15H,14H2,1H3,(H,23,25)(H,24,26). The maximum atomic E-state index is 12.3. The van der Waals surface area contributed by atoms with Crippen molar-refractivity contribution in [3.8, 4) is 5.75 Å². The summed E-state index contributed by atoms with van der Waals surface area (Å²) in [6.07, 6.45) is 0.295. The molecular weight excluding hydrogens is 340 g/mol. The SMILES string of the molecule is COc1ccc(C(=O)Nc2cccc(NC(=O)Cc3ccccc3)c2)cc1. The first kappa shape index (κ1) is 18.2. The molecule has 5 heteroatoms. The van der Waals surface area contributed by atoms with Gasteiger partial charge in [0.25, 0.3) is 5.91 Å². The summed E-state index contributed by atoms with van der Waals surface area (Å²) in [4.78, 5) is 24.5. The lowest BCUT2D eigenvalue weighted by Gasteiger charge is -2.09. The highest BCUT2D eigenvalue weighted by atomic mass is 16.5. The molecule has 0 spiro atoms. The van der Waals surface area contributed by atoms with Gasteiger partial charge in [-0.25, -0.2) is 0 Å². The molecule has 0 aliphatic rings. The fourth-order valence-corrected chi connectivity index (χ4v) is 2.61. The number of ether oxygens (including phenoxy) is 1. The van der Waals surface area contributed by atoms with Crippen LogP contribution in [0.4, 0.5) is 11.4 Å². The van der Waals surface area contributed by atoms with Gasteiger partial charge >= 0.3 is 0 Å². The maximum absolute atomic E-state index is 12.3. The van der Waals surface area contributed by atoms with E-state index in [1.54, 1.807) is 55.6 Å². The summed E-state index contributed by atoms with van der Waals surface area (Å²) in [5.74, 6) is 0.347. The van der Waals surface area contributed by atoms with E-state index in [1.165, 1.54) is 0 Å². The van der Waals surface area contributed by atoms with Gasteiger partial charge in [0.05, 0.1) is 13.5 Å². The summed E-state index contributed by atoms with van der Waals surface area (Å²) in [5.41, 5.74) is 2.70. The topological polar surface area (TPSA) is 67.4 Å². The largest absolute Gasteiger partial charge is 0.497 e. The number of nitrogens with one attached hydrogen (secondary N) is 2. The van der Waals surface area contributed by atoms with Crippen molar-refractivity contribution in [2.24, 2.45) is 0 Å². The monoisotopic (exact) mass is 360 g/mol. The molecule has 0 radical (unpaired) electrons. The fourth-order valence-electron chi connectivity index (χ4n) is 2.61. The molecule has 0 saturated heterocycles. The van der Waals surface area contributed by atoms with E-state index in [-0.39, 0.29) is 11.8 Å². The van der Waals surface area contributed by atoms with E-state index in [0.717, 1.165) is 5.56 Å². The van der Waals surface area contributed by atoms with Gasteiger partial charge in [0, 0.05) is 16.9 Å². The summed E-state index contributed by atoms with van der Waals surface area (Å²) < 4.78 is 5.09. The summed E-state index contributed by atoms with van der Waals surface area (Å²) in [5, 5.41) is 5.68. The molecule has 0 aliphatic carbocycles. The molecule has 2 amide bonds. The molecule has 2 N–H and O–H groups in total. The van der Waals surface area contributed by atoms with Crippen molar-refractivity contribution in [2.45, 2.75) is 6.42 Å². The van der Waals surface area contributed by atoms with Gasteiger partial charge in [0.1, 0.15) is 5.75 Å². The Morgan fingerprint density at radius 3 is 2.15 bits per heavy atom. The molecule has 3 aromatic carbocycles. The maximum Gasteiger partial charge on any atom is 0.255 e. The van der Waals surface area contributed by atoms with Crippen LogP contribution in [0.2, 0.25) is 0 Å². The molecule has 0 saturated carbocycles. The number of hydrogen-bond donors (Lipinski definition) is 2. The molecule has 0 unspecified atom stereocenters. The molecule has 0 heterocycles. The van der Waals surface area contributed by atoms with Gasteiger partial charge in [-0.2, -0.15) is 0 Å². The first-order valence-corrected chi connectivity index (χ1v) is 8.53. The zero-order valence-electron chi connectivity index (χ0n) is 14.9. The number of benzene rings is 3. The predicted octanol–water partition coefficient (Wildman–Crippen LogP) is 4.13. The van der Waals surface area contributed by atoms with Crippen LogP contribution >= 0.6 is 0 Å². The third-order valence-electron chi connectivity index (χ3n) is 3.96. The van der Waals surface area contributed by atoms with E-state index in [2.05, 4.69) is 10.6 Å². The summed E-state index contributed by atoms with van der Waals surface area (Å²) >= 11 is 0. The Labute approximate surface area is 158 Å². The van der Waals surface area contributed by atoms with E-state index < -0.39 is 0 Å². The highest BCUT2D eigenvalue weighted by molar-refractivity contribution is 6.04. The van der Waals surface area contributed by atoms with E-state index in [1.807, 2.05) is 30.3 Å². The first-order chi connectivity index (χ1) is 13.1. The fraction of sp³-hybridized carbons (Fsp3) is 0.0909. The summed E-state index contributed by atoms with van der Waals surface area (Å²) in [6, 6.07) is 23.4. The molecule has 136 valence electrons. The normalized spacial score (nSPS) is 10.1. The second-order valence-corrected chi connectivity index (χ2v) is 5.97. The lowest BCUT2D eigenvalue weighted by molar-refractivity contribution is -0.115. The number of rotatable bonds is 6. The molecule has 0 fully saturated rings. The van der Waals surface area contributed by atoms with Crippen LogP contribution in [0.15, 0.2) is 78.9 Å². The minimum absolute atomic E-state index is 0.111. The summed E-state index contributed by atoms with van der Waals surface area (Å²) in [7, 11) is 1.58. The van der Waals surface area contributed by atoms with Crippen molar-refractivity contribution in [3.63, 3.8) is 0 Å². The van der Waals surface area contributed by atoms with E-state index >= 15 is 0 Å². The Morgan fingerprint density at radius 1 is 0.815 bits per heavy atom. The second kappa shape index (κ2) is 8.67. The van der Waals surface area contributed by atoms with Crippen LogP contribution in [-0.4, -0.2) is 18.9 Å². The average molecular weight is 360 g/mol. The van der Waals surface area contributed by atoms with Gasteiger partial charge in [-0.3, -0.25) is 9.59 Å². The van der Waals surface area contributed by atoms with E-state index in [4.69, 9.17) is 4.74 Å². The predicted molar refractivity (Wildman–Crippen MR) is 106 cm³/mol. The number of carbonyl (C=O) groups excluding carboxylic acids is 2. The van der Waals surface area contributed by atoms with Gasteiger partial charge in [-0.15, -0.1) is 0 Å². The van der Waals surface area contributed by atoms with Gasteiger partial charge in [-0.05, 0) is 48.0 Å². The zero-order valence-corrected chi connectivity index (χ0v) is 14.9. The van der Waals surface area contributed by atoms with Gasteiger partial charge in [0.15, 0.2) is 0 Å². The van der Waals surface area contributed by atoms with Gasteiger partial charge < -0.3 is 15.4 Å². The number of anilines is 2. The Morgan fingerprint density at radius 2 is 1.48 bits per heavy atom. The Balaban J connectivity index is 1.62. The van der Waals surface area contributed by atoms with Crippen molar-refractivity contribution >= 4 is 23.2 Å². The number of carbonyl (C=O) groups is 2. The van der Waals surface area contributed by atoms with Crippen LogP contribution in [0.5, 0.6) is 5.75 Å². The third kappa shape index (κ3) is 5.19. The van der Waals surface area contributed by atoms with Gasteiger partial charge in [-0.1, -0.05) is 36.4 Å². The van der Waals surface area contributed by atoms with Crippen molar-refractivity contribution in [1.82, 2.24) is 0 Å². The molecule has 0 bridgehead atoms. The van der Waals surface area contributed by atoms with Crippen LogP contribution in [0.3, 0.4) is 0 Å². The second-order valence-electron chi connectivity index (χ2n) is 5.97. The molecule has 3 rings (SSSR count). The van der Waals surface area contributed by atoms with E-state index in [0.29, 0.717) is 29.1 Å². The molecule has 3 aromatic rings. The van der Waals surface area contributed by atoms with Crippen molar-refractivity contribution in [3.05, 3.63) is 90.0 Å². The lowest BCUT2D eigenvalue weighted by atomic mass is 10.1. The smallest absolute Gasteiger partial charge is 0.255 e. The van der Waals surface area contributed by atoms with E-state index in [9.17, 15) is 9.59 Å². The van der Waals surface area contributed by atoms with Crippen LogP contribution in [-0.2, 0) is 11.2 Å². The number of amides is 2. The lowest BCUT2D eigenvalue weighted by Crippen LogP contribution is -2.15. The zero-order chi connectivity index (χ0) is 19.1. The van der Waals surface area contributed by atoms with Crippen LogP contribution < -0.4 is 15.4 Å². The Hall–Kier alpha value is -3.60. The Kier molecular flexibility index (Phi) is 5.84. The van der Waals surface area contributed by atoms with Crippen molar-refractivity contribution < 1.29 is 14.3 Å². The van der Waals surface area contributed by atoms with Crippen LogP contribution in [0.25, 0.3) is 0 Å². The average Bonchev–Trinajstić information content (AvgIpc) is 2.69. The molecule has 27 heavy (non-hydrogen) atoms. The molecule has 5 nitrogen and oxygen atoms in total. The summed E-state index contributed by atoms with van der Waals surface area (Å²) in [6.45, 7) is 0. The van der Waals surface area contributed by atoms with Crippen LogP contribution in [0, 0.1) is 0 Å². The number of methoxy groups -OCH3 is 1. The molecule has 0 aliphatic heterocycles. The minimum atomic E-state index is -0.231. The van der Waals surface area contributed by atoms with Gasteiger partial charge in [0.2, 0.25) is 5.91 Å². The molecule has 0 atom stereocenters. The highest BCUT2D eigenvalue weighted by Gasteiger charge is 2.08. The van der Waals surface area contributed by atoms with Crippen molar-refractivity contribution in [2.75, 3.05) is 17.7 Å².